The zero-order chi connectivity index (χ0) is 33.3. The highest BCUT2D eigenvalue weighted by Crippen LogP contribution is 2.30. The van der Waals surface area contributed by atoms with Crippen LogP contribution in [0, 0.1) is 0 Å². The fourth-order valence-corrected chi connectivity index (χ4v) is 6.81. The molecular formula is C35H37Cl2N3O5S. The second-order valence-corrected chi connectivity index (χ2v) is 13.4. The van der Waals surface area contributed by atoms with Gasteiger partial charge in [0.05, 0.1) is 17.7 Å². The molecule has 11 heteroatoms. The molecule has 242 valence electrons. The lowest BCUT2D eigenvalue weighted by Gasteiger charge is -2.34. The molecular weight excluding hydrogens is 645 g/mol. The third-order valence-electron chi connectivity index (χ3n) is 7.61. The van der Waals surface area contributed by atoms with Crippen LogP contribution in [0.5, 0.6) is 5.75 Å². The van der Waals surface area contributed by atoms with Gasteiger partial charge in [0.25, 0.3) is 10.0 Å². The molecule has 46 heavy (non-hydrogen) atoms. The Kier molecular flexibility index (Phi) is 12.1. The molecule has 2 atom stereocenters. The first-order valence-corrected chi connectivity index (χ1v) is 17.0. The average Bonchev–Trinajstić information content (AvgIpc) is 3.06. The molecule has 4 rings (SSSR count). The number of methoxy groups -OCH3 is 1. The van der Waals surface area contributed by atoms with Gasteiger partial charge in [-0.3, -0.25) is 13.9 Å². The molecule has 0 bridgehead atoms. The van der Waals surface area contributed by atoms with Crippen molar-refractivity contribution in [2.45, 2.75) is 50.2 Å². The number of hydrogen-bond acceptors (Lipinski definition) is 5. The van der Waals surface area contributed by atoms with Gasteiger partial charge in [-0.1, -0.05) is 90.8 Å². The molecule has 2 unspecified atom stereocenters. The van der Waals surface area contributed by atoms with E-state index in [0.29, 0.717) is 27.8 Å². The van der Waals surface area contributed by atoms with E-state index in [0.717, 1.165) is 9.87 Å². The number of ether oxygens (including phenoxy) is 1. The molecule has 0 fully saturated rings. The third-order valence-corrected chi connectivity index (χ3v) is 10.1. The van der Waals surface area contributed by atoms with Crippen molar-refractivity contribution in [3.63, 3.8) is 0 Å². The lowest BCUT2D eigenvalue weighted by molar-refractivity contribution is -0.140. The minimum absolute atomic E-state index is 0.00154. The van der Waals surface area contributed by atoms with E-state index in [1.54, 1.807) is 60.7 Å². The molecule has 8 nitrogen and oxygen atoms in total. The van der Waals surface area contributed by atoms with E-state index in [4.69, 9.17) is 27.9 Å². The number of rotatable bonds is 14. The molecule has 1 N–H and O–H groups in total. The number of sulfonamides is 1. The van der Waals surface area contributed by atoms with Gasteiger partial charge in [0, 0.05) is 40.7 Å². The smallest absolute Gasteiger partial charge is 0.264 e. The van der Waals surface area contributed by atoms with Crippen LogP contribution in [0.25, 0.3) is 0 Å². The Morgan fingerprint density at radius 3 is 2.09 bits per heavy atom. The van der Waals surface area contributed by atoms with Crippen molar-refractivity contribution in [2.24, 2.45) is 0 Å². The maximum Gasteiger partial charge on any atom is 0.264 e. The zero-order valence-corrected chi connectivity index (χ0v) is 28.2. The Balaban J connectivity index is 1.85. The number of carbonyl (C=O) groups excluding carboxylic acids is 2. The first kappa shape index (κ1) is 34.8. The Morgan fingerprint density at radius 2 is 1.48 bits per heavy atom. The van der Waals surface area contributed by atoms with Crippen LogP contribution >= 0.6 is 23.2 Å². The summed E-state index contributed by atoms with van der Waals surface area (Å²) in [5.74, 6) is -0.597. The lowest BCUT2D eigenvalue weighted by Crippen LogP contribution is -2.54. The molecule has 2 amide bonds. The van der Waals surface area contributed by atoms with Crippen molar-refractivity contribution < 1.29 is 22.7 Å². The molecule has 4 aromatic rings. The molecule has 4 aromatic carbocycles. The van der Waals surface area contributed by atoms with Crippen LogP contribution in [0.1, 0.15) is 31.4 Å². The van der Waals surface area contributed by atoms with Gasteiger partial charge in [0.1, 0.15) is 18.3 Å². The molecule has 0 aliphatic heterocycles. The van der Waals surface area contributed by atoms with Crippen molar-refractivity contribution in [2.75, 3.05) is 18.0 Å². The highest BCUT2D eigenvalue weighted by Gasteiger charge is 2.35. The summed E-state index contributed by atoms with van der Waals surface area (Å²) in [5, 5.41) is 3.63. The number of nitrogens with zero attached hydrogens (tertiary/aromatic N) is 2. The van der Waals surface area contributed by atoms with Crippen molar-refractivity contribution >= 4 is 50.7 Å². The fourth-order valence-electron chi connectivity index (χ4n) is 4.86. The molecule has 0 aliphatic carbocycles. The minimum atomic E-state index is -4.25. The molecule has 0 saturated heterocycles. The summed E-state index contributed by atoms with van der Waals surface area (Å²) >= 11 is 13.1. The van der Waals surface area contributed by atoms with E-state index in [1.165, 1.54) is 24.1 Å². The van der Waals surface area contributed by atoms with Gasteiger partial charge in [-0.2, -0.15) is 0 Å². The SMILES string of the molecule is CCC(C)NC(=O)C(Cc1ccccc1)N(Cc1c(Cl)cccc1Cl)C(=O)CN(c1cccc(OC)c1)S(=O)(=O)c1ccccc1. The monoisotopic (exact) mass is 681 g/mol. The van der Waals surface area contributed by atoms with Crippen molar-refractivity contribution in [3.8, 4) is 5.75 Å². The van der Waals surface area contributed by atoms with Crippen LogP contribution in [-0.2, 0) is 32.6 Å². The number of amides is 2. The maximum absolute atomic E-state index is 14.6. The number of anilines is 1. The van der Waals surface area contributed by atoms with Gasteiger partial charge < -0.3 is 15.0 Å². The summed E-state index contributed by atoms with van der Waals surface area (Å²) < 4.78 is 34.7. The van der Waals surface area contributed by atoms with Gasteiger partial charge >= 0.3 is 0 Å². The van der Waals surface area contributed by atoms with Crippen LogP contribution in [0.3, 0.4) is 0 Å². The topological polar surface area (TPSA) is 96.0 Å². The molecule has 0 aromatic heterocycles. The van der Waals surface area contributed by atoms with E-state index in [2.05, 4.69) is 5.32 Å². The summed E-state index contributed by atoms with van der Waals surface area (Å²) in [6.07, 6.45) is 0.842. The van der Waals surface area contributed by atoms with E-state index in [9.17, 15) is 18.0 Å². The minimum Gasteiger partial charge on any atom is -0.497 e. The highest BCUT2D eigenvalue weighted by atomic mass is 35.5. The lowest BCUT2D eigenvalue weighted by atomic mass is 10.0. The highest BCUT2D eigenvalue weighted by molar-refractivity contribution is 7.92. The predicted octanol–water partition coefficient (Wildman–Crippen LogP) is 6.75. The van der Waals surface area contributed by atoms with Crippen molar-refractivity contribution in [1.29, 1.82) is 0 Å². The number of benzene rings is 4. The van der Waals surface area contributed by atoms with Crippen LogP contribution in [0.4, 0.5) is 5.69 Å². The summed E-state index contributed by atoms with van der Waals surface area (Å²) in [6.45, 7) is 3.07. The van der Waals surface area contributed by atoms with Gasteiger partial charge in [-0.15, -0.1) is 0 Å². The summed E-state index contributed by atoms with van der Waals surface area (Å²) in [5.41, 5.74) is 1.47. The molecule has 0 radical (unpaired) electrons. The van der Waals surface area contributed by atoms with E-state index in [1.807, 2.05) is 44.2 Å². The Morgan fingerprint density at radius 1 is 0.870 bits per heavy atom. The quantitative estimate of drug-likeness (QED) is 0.159. The first-order chi connectivity index (χ1) is 22.0. The van der Waals surface area contributed by atoms with Gasteiger partial charge in [-0.25, -0.2) is 8.42 Å². The zero-order valence-electron chi connectivity index (χ0n) is 25.9. The van der Waals surface area contributed by atoms with Crippen LogP contribution in [0.2, 0.25) is 10.0 Å². The summed E-state index contributed by atoms with van der Waals surface area (Å²) in [7, 11) is -2.78. The van der Waals surface area contributed by atoms with Gasteiger partial charge in [0.2, 0.25) is 11.8 Å². The molecule has 0 spiro atoms. The van der Waals surface area contributed by atoms with Crippen LogP contribution < -0.4 is 14.4 Å². The number of halogens is 2. The Hall–Kier alpha value is -4.05. The predicted molar refractivity (Wildman–Crippen MR) is 183 cm³/mol. The molecule has 0 heterocycles. The van der Waals surface area contributed by atoms with Crippen molar-refractivity contribution in [3.05, 3.63) is 124 Å². The summed E-state index contributed by atoms with van der Waals surface area (Å²) in [6, 6.07) is 27.4. The van der Waals surface area contributed by atoms with Gasteiger partial charge in [-0.05, 0) is 55.3 Å². The van der Waals surface area contributed by atoms with Crippen molar-refractivity contribution in [1.82, 2.24) is 10.2 Å². The average molecular weight is 683 g/mol. The Bertz CT molecular complexity index is 1720. The molecule has 0 aliphatic rings. The molecule has 0 saturated carbocycles. The van der Waals surface area contributed by atoms with Gasteiger partial charge in [0.15, 0.2) is 0 Å². The normalized spacial score (nSPS) is 12.5. The number of nitrogens with one attached hydrogen (secondary N) is 1. The number of carbonyl (C=O) groups is 2. The second kappa shape index (κ2) is 16.0. The number of hydrogen-bond donors (Lipinski definition) is 1. The van der Waals surface area contributed by atoms with E-state index < -0.39 is 28.5 Å². The first-order valence-electron chi connectivity index (χ1n) is 14.8. The van der Waals surface area contributed by atoms with Crippen LogP contribution in [-0.4, -0.2) is 50.9 Å². The largest absolute Gasteiger partial charge is 0.497 e. The fraction of sp³-hybridized carbons (Fsp3) is 0.257. The standard InChI is InChI=1S/C35H37Cl2N3O5S/c1-4-25(2)38-35(42)33(21-26-13-7-5-8-14-26)39(23-30-31(36)19-12-20-32(30)37)34(41)24-40(27-15-11-16-28(22-27)45-3)46(43,44)29-17-9-6-10-18-29/h5-20,22,25,33H,4,21,23-24H2,1-3H3,(H,38,42). The van der Waals surface area contributed by atoms with E-state index >= 15 is 0 Å². The summed E-state index contributed by atoms with van der Waals surface area (Å²) in [4.78, 5) is 29.9. The third kappa shape index (κ3) is 8.60. The second-order valence-electron chi connectivity index (χ2n) is 10.8. The Labute approximate surface area is 280 Å². The maximum atomic E-state index is 14.6. The van der Waals surface area contributed by atoms with E-state index in [-0.39, 0.29) is 35.5 Å². The van der Waals surface area contributed by atoms with Crippen LogP contribution in [0.15, 0.2) is 108 Å².